The van der Waals surface area contributed by atoms with Crippen LogP contribution in [0.15, 0.2) is 6.20 Å². The first kappa shape index (κ1) is 14.4. The standard InChI is InChI=1S/C12H14N4O3/c1-8(17)14-6-4-3-5-9-7-15-11(13)10(16-9)12(18)19-2/h7H,4,6H2,1-2H3,(H2,13,15)(H,14,17). The van der Waals surface area contributed by atoms with E-state index >= 15 is 0 Å². The van der Waals surface area contributed by atoms with Crippen LogP contribution in [0.1, 0.15) is 29.5 Å². The highest BCUT2D eigenvalue weighted by molar-refractivity contribution is 5.91. The second kappa shape index (κ2) is 6.96. The normalized spacial score (nSPS) is 9.16. The molecule has 1 amide bonds. The van der Waals surface area contributed by atoms with E-state index in [-0.39, 0.29) is 17.4 Å². The molecule has 100 valence electrons. The van der Waals surface area contributed by atoms with Crippen molar-refractivity contribution in [1.29, 1.82) is 0 Å². The van der Waals surface area contributed by atoms with Crippen LogP contribution < -0.4 is 11.1 Å². The van der Waals surface area contributed by atoms with Crippen LogP contribution in [0.25, 0.3) is 0 Å². The van der Waals surface area contributed by atoms with Crippen LogP contribution in [0.5, 0.6) is 0 Å². The molecule has 0 aliphatic heterocycles. The van der Waals surface area contributed by atoms with Gasteiger partial charge in [-0.05, 0) is 5.92 Å². The molecule has 0 aromatic carbocycles. The average Bonchev–Trinajstić information content (AvgIpc) is 2.39. The minimum absolute atomic E-state index is 0.00403. The number of hydrogen-bond donors (Lipinski definition) is 2. The number of esters is 1. The summed E-state index contributed by atoms with van der Waals surface area (Å²) in [6.45, 7) is 1.89. The monoisotopic (exact) mass is 262 g/mol. The Balaban J connectivity index is 2.72. The number of hydrogen-bond acceptors (Lipinski definition) is 6. The molecule has 7 heteroatoms. The van der Waals surface area contributed by atoms with Gasteiger partial charge in [-0.25, -0.2) is 14.8 Å². The van der Waals surface area contributed by atoms with E-state index in [2.05, 4.69) is 31.9 Å². The van der Waals surface area contributed by atoms with Crippen molar-refractivity contribution >= 4 is 17.7 Å². The van der Waals surface area contributed by atoms with Crippen LogP contribution in [0.3, 0.4) is 0 Å². The third-order valence-corrected chi connectivity index (χ3v) is 2.02. The summed E-state index contributed by atoms with van der Waals surface area (Å²) in [5.74, 6) is 4.75. The zero-order valence-corrected chi connectivity index (χ0v) is 10.7. The molecule has 0 fully saturated rings. The minimum Gasteiger partial charge on any atom is -0.464 e. The average molecular weight is 262 g/mol. The summed E-state index contributed by atoms with van der Waals surface area (Å²) in [7, 11) is 1.23. The van der Waals surface area contributed by atoms with Crippen LogP contribution in [0.4, 0.5) is 5.82 Å². The number of methoxy groups -OCH3 is 1. The molecule has 0 aliphatic rings. The van der Waals surface area contributed by atoms with E-state index in [1.807, 2.05) is 0 Å². The van der Waals surface area contributed by atoms with E-state index in [1.54, 1.807) is 0 Å². The molecule has 0 spiro atoms. The highest BCUT2D eigenvalue weighted by Gasteiger charge is 2.13. The molecule has 1 aromatic heterocycles. The molecule has 19 heavy (non-hydrogen) atoms. The number of nitrogens with two attached hydrogens (primary N) is 1. The van der Waals surface area contributed by atoms with Crippen molar-refractivity contribution in [3.05, 3.63) is 17.6 Å². The van der Waals surface area contributed by atoms with E-state index in [4.69, 9.17) is 5.73 Å². The molecular formula is C12H14N4O3. The molecule has 0 atom stereocenters. The molecule has 0 saturated heterocycles. The van der Waals surface area contributed by atoms with Gasteiger partial charge >= 0.3 is 5.97 Å². The second-order valence-corrected chi connectivity index (χ2v) is 3.52. The highest BCUT2D eigenvalue weighted by Crippen LogP contribution is 2.06. The molecule has 1 aromatic rings. The molecule has 0 saturated carbocycles. The highest BCUT2D eigenvalue weighted by atomic mass is 16.5. The first-order chi connectivity index (χ1) is 9.04. The SMILES string of the molecule is COC(=O)c1nc(C#CCCNC(C)=O)cnc1N. The fourth-order valence-corrected chi connectivity index (χ4v) is 1.16. The largest absolute Gasteiger partial charge is 0.464 e. The maximum absolute atomic E-state index is 11.3. The Morgan fingerprint density at radius 2 is 2.26 bits per heavy atom. The van der Waals surface area contributed by atoms with Gasteiger partial charge in [0.2, 0.25) is 5.91 Å². The number of nitrogen functional groups attached to an aromatic ring is 1. The molecule has 0 radical (unpaired) electrons. The Morgan fingerprint density at radius 3 is 2.89 bits per heavy atom. The summed E-state index contributed by atoms with van der Waals surface area (Å²) >= 11 is 0. The Morgan fingerprint density at radius 1 is 1.53 bits per heavy atom. The summed E-state index contributed by atoms with van der Waals surface area (Å²) in [6, 6.07) is 0. The van der Waals surface area contributed by atoms with Gasteiger partial charge in [-0.15, -0.1) is 0 Å². The Kier molecular flexibility index (Phi) is 5.29. The molecule has 3 N–H and O–H groups in total. The lowest BCUT2D eigenvalue weighted by molar-refractivity contribution is -0.118. The molecule has 1 heterocycles. The van der Waals surface area contributed by atoms with Crippen molar-refractivity contribution in [3.63, 3.8) is 0 Å². The van der Waals surface area contributed by atoms with Crippen molar-refractivity contribution in [2.24, 2.45) is 0 Å². The number of nitrogens with zero attached hydrogens (tertiary/aromatic N) is 2. The Labute approximate surface area is 110 Å². The number of rotatable bonds is 3. The summed E-state index contributed by atoms with van der Waals surface area (Å²) in [5.41, 5.74) is 5.76. The van der Waals surface area contributed by atoms with Gasteiger partial charge in [0.1, 0.15) is 5.69 Å². The Bertz CT molecular complexity index is 546. The zero-order chi connectivity index (χ0) is 14.3. The van der Waals surface area contributed by atoms with E-state index in [1.165, 1.54) is 20.2 Å². The first-order valence-corrected chi connectivity index (χ1v) is 5.48. The van der Waals surface area contributed by atoms with Crippen molar-refractivity contribution < 1.29 is 14.3 Å². The fraction of sp³-hybridized carbons (Fsp3) is 0.333. The van der Waals surface area contributed by atoms with Crippen LogP contribution in [0.2, 0.25) is 0 Å². The van der Waals surface area contributed by atoms with Crippen LogP contribution in [-0.2, 0) is 9.53 Å². The van der Waals surface area contributed by atoms with Crippen molar-refractivity contribution in [3.8, 4) is 11.8 Å². The topological polar surface area (TPSA) is 107 Å². The minimum atomic E-state index is -0.660. The van der Waals surface area contributed by atoms with Gasteiger partial charge in [0.05, 0.1) is 13.3 Å². The van der Waals surface area contributed by atoms with Crippen LogP contribution in [0, 0.1) is 11.8 Å². The van der Waals surface area contributed by atoms with Crippen LogP contribution >= 0.6 is 0 Å². The smallest absolute Gasteiger partial charge is 0.360 e. The second-order valence-electron chi connectivity index (χ2n) is 3.52. The molecule has 0 unspecified atom stereocenters. The number of carbonyl (C=O) groups is 2. The number of nitrogens with one attached hydrogen (secondary N) is 1. The van der Waals surface area contributed by atoms with Gasteiger partial charge < -0.3 is 15.8 Å². The predicted molar refractivity (Wildman–Crippen MR) is 68.0 cm³/mol. The lowest BCUT2D eigenvalue weighted by Gasteiger charge is -2.01. The third-order valence-electron chi connectivity index (χ3n) is 2.02. The summed E-state index contributed by atoms with van der Waals surface area (Å²) < 4.78 is 4.52. The Hall–Kier alpha value is -2.62. The van der Waals surface area contributed by atoms with E-state index in [0.29, 0.717) is 18.7 Å². The van der Waals surface area contributed by atoms with E-state index in [9.17, 15) is 9.59 Å². The molecular weight excluding hydrogens is 248 g/mol. The number of ether oxygens (including phenoxy) is 1. The molecule has 0 bridgehead atoms. The van der Waals surface area contributed by atoms with Crippen LogP contribution in [-0.4, -0.2) is 35.5 Å². The van der Waals surface area contributed by atoms with Gasteiger partial charge in [-0.3, -0.25) is 4.79 Å². The third kappa shape index (κ3) is 4.63. The maximum Gasteiger partial charge on any atom is 0.360 e. The summed E-state index contributed by atoms with van der Waals surface area (Å²) in [4.78, 5) is 29.7. The van der Waals surface area contributed by atoms with Crippen molar-refractivity contribution in [1.82, 2.24) is 15.3 Å². The van der Waals surface area contributed by atoms with E-state index in [0.717, 1.165) is 0 Å². The zero-order valence-electron chi connectivity index (χ0n) is 10.7. The number of amides is 1. The number of carbonyl (C=O) groups excluding carboxylic acids is 2. The van der Waals surface area contributed by atoms with Gasteiger partial charge in [0, 0.05) is 19.9 Å². The van der Waals surface area contributed by atoms with Crippen molar-refractivity contribution in [2.45, 2.75) is 13.3 Å². The maximum atomic E-state index is 11.3. The number of anilines is 1. The molecule has 1 rings (SSSR count). The molecule has 0 aliphatic carbocycles. The van der Waals surface area contributed by atoms with Gasteiger partial charge in [-0.1, -0.05) is 5.92 Å². The lowest BCUT2D eigenvalue weighted by Crippen LogP contribution is -2.20. The molecule has 7 nitrogen and oxygen atoms in total. The summed E-state index contributed by atoms with van der Waals surface area (Å²) in [5, 5.41) is 2.61. The quantitative estimate of drug-likeness (QED) is 0.441. The number of aromatic nitrogens is 2. The van der Waals surface area contributed by atoms with Gasteiger partial charge in [0.15, 0.2) is 11.5 Å². The summed E-state index contributed by atoms with van der Waals surface area (Å²) in [6.07, 6.45) is 1.84. The lowest BCUT2D eigenvalue weighted by atomic mass is 10.3. The van der Waals surface area contributed by atoms with Crippen molar-refractivity contribution in [2.75, 3.05) is 19.4 Å². The van der Waals surface area contributed by atoms with Gasteiger partial charge in [-0.2, -0.15) is 0 Å². The first-order valence-electron chi connectivity index (χ1n) is 5.48. The van der Waals surface area contributed by atoms with E-state index < -0.39 is 5.97 Å². The van der Waals surface area contributed by atoms with Gasteiger partial charge in [0.25, 0.3) is 0 Å². The predicted octanol–water partition coefficient (Wildman–Crippen LogP) is -0.277. The fourth-order valence-electron chi connectivity index (χ4n) is 1.16.